The average Bonchev–Trinajstić information content (AvgIpc) is 2.85. The Morgan fingerprint density at radius 3 is 2.03 bits per heavy atom. The summed E-state index contributed by atoms with van der Waals surface area (Å²) in [5.74, 6) is 0.300. The number of hydrogen-bond acceptors (Lipinski definition) is 7. The molecule has 3 N–H and O–H groups in total. The number of nitrogens with two attached hydrogens (primary N) is 1. The molecule has 0 spiro atoms. The van der Waals surface area contributed by atoms with Crippen molar-refractivity contribution >= 4 is 45.1 Å². The number of alkyl halides is 2. The van der Waals surface area contributed by atoms with Crippen LogP contribution in [-0.2, 0) is 13.1 Å². The van der Waals surface area contributed by atoms with Crippen LogP contribution >= 0.6 is 39.1 Å². The van der Waals surface area contributed by atoms with Crippen molar-refractivity contribution in [3.63, 3.8) is 0 Å². The van der Waals surface area contributed by atoms with Gasteiger partial charge in [0.15, 0.2) is 16.2 Å². The third kappa shape index (κ3) is 6.18. The number of piperazine rings is 2. The molecule has 10 heteroatoms. The Labute approximate surface area is 232 Å². The maximum atomic E-state index is 7.22. The van der Waals surface area contributed by atoms with E-state index in [4.69, 9.17) is 28.9 Å². The first-order valence-electron chi connectivity index (χ1n) is 12.6. The third-order valence-electron chi connectivity index (χ3n) is 7.35. The highest BCUT2D eigenvalue weighted by Gasteiger charge is 2.50. The molecule has 2 atom stereocenters. The topological polar surface area (TPSA) is 63.4 Å². The SMILES string of the molecule is NC1=NC(Cl)(N2CCN(Cc3ccccc3)CC2)CC(Cl)(N2CCN(Cc3cccc(Br)c3)CC2)N1. The van der Waals surface area contributed by atoms with E-state index in [2.05, 4.69) is 100 Å². The average molecular weight is 595 g/mol. The van der Waals surface area contributed by atoms with Crippen molar-refractivity contribution in [2.24, 2.45) is 10.7 Å². The summed E-state index contributed by atoms with van der Waals surface area (Å²) in [5.41, 5.74) is 8.89. The van der Waals surface area contributed by atoms with Gasteiger partial charge in [-0.2, -0.15) is 0 Å². The quantitative estimate of drug-likeness (QED) is 0.394. The van der Waals surface area contributed by atoms with Gasteiger partial charge in [-0.25, -0.2) is 4.99 Å². The molecular formula is C26H34BrCl2N7. The lowest BCUT2D eigenvalue weighted by atomic mass is 10.1. The van der Waals surface area contributed by atoms with Crippen LogP contribution in [0.1, 0.15) is 17.5 Å². The normalized spacial score (nSPS) is 29.0. The number of aliphatic imine (C=N–C) groups is 1. The summed E-state index contributed by atoms with van der Waals surface area (Å²) >= 11 is 18.0. The maximum absolute atomic E-state index is 7.22. The Kier molecular flexibility index (Phi) is 8.12. The molecule has 7 nitrogen and oxygen atoms in total. The van der Waals surface area contributed by atoms with Gasteiger partial charge in [0, 0.05) is 69.9 Å². The number of benzene rings is 2. The molecule has 0 aromatic heterocycles. The van der Waals surface area contributed by atoms with E-state index in [1.165, 1.54) is 11.1 Å². The van der Waals surface area contributed by atoms with E-state index in [0.29, 0.717) is 12.4 Å². The molecule has 0 aliphatic carbocycles. The summed E-state index contributed by atoms with van der Waals surface area (Å²) in [5, 5.41) is 1.42. The molecule has 0 saturated carbocycles. The summed E-state index contributed by atoms with van der Waals surface area (Å²) in [6.45, 7) is 8.87. The van der Waals surface area contributed by atoms with E-state index < -0.39 is 10.2 Å². The van der Waals surface area contributed by atoms with Crippen LogP contribution in [0, 0.1) is 0 Å². The van der Waals surface area contributed by atoms with Crippen molar-refractivity contribution < 1.29 is 0 Å². The minimum absolute atomic E-state index is 0.300. The smallest absolute Gasteiger partial charge is 0.197 e. The first-order valence-corrected chi connectivity index (χ1v) is 14.1. The third-order valence-corrected chi connectivity index (χ3v) is 8.76. The highest BCUT2D eigenvalue weighted by atomic mass is 79.9. The lowest BCUT2D eigenvalue weighted by molar-refractivity contribution is 0.0110. The first-order chi connectivity index (χ1) is 17.3. The van der Waals surface area contributed by atoms with Gasteiger partial charge in [-0.15, -0.1) is 0 Å². The van der Waals surface area contributed by atoms with Crippen LogP contribution in [0.2, 0.25) is 0 Å². The summed E-state index contributed by atoms with van der Waals surface area (Å²) < 4.78 is 1.11. The lowest BCUT2D eigenvalue weighted by Gasteiger charge is -2.51. The molecule has 2 aromatic carbocycles. The molecule has 194 valence electrons. The van der Waals surface area contributed by atoms with Gasteiger partial charge in [-0.1, -0.05) is 81.6 Å². The van der Waals surface area contributed by atoms with Crippen LogP contribution in [0.25, 0.3) is 0 Å². The van der Waals surface area contributed by atoms with E-state index in [0.717, 1.165) is 69.9 Å². The fourth-order valence-corrected chi connectivity index (χ4v) is 6.83. The Morgan fingerprint density at radius 2 is 1.39 bits per heavy atom. The molecule has 36 heavy (non-hydrogen) atoms. The van der Waals surface area contributed by atoms with Crippen molar-refractivity contribution in [2.75, 3.05) is 52.4 Å². The van der Waals surface area contributed by atoms with E-state index in [1.807, 2.05) is 0 Å². The van der Waals surface area contributed by atoms with E-state index in [1.54, 1.807) is 0 Å². The fraction of sp³-hybridized carbons (Fsp3) is 0.500. The zero-order chi connectivity index (χ0) is 25.2. The molecule has 2 unspecified atom stereocenters. The molecule has 5 rings (SSSR count). The Hall–Kier alpha value is -1.39. The van der Waals surface area contributed by atoms with Crippen LogP contribution in [0.4, 0.5) is 0 Å². The Bertz CT molecular complexity index is 1060. The van der Waals surface area contributed by atoms with Gasteiger partial charge in [0.05, 0.1) is 6.42 Å². The van der Waals surface area contributed by atoms with Crippen LogP contribution in [0.5, 0.6) is 0 Å². The van der Waals surface area contributed by atoms with Crippen molar-refractivity contribution in [3.8, 4) is 0 Å². The van der Waals surface area contributed by atoms with Crippen LogP contribution in [0.15, 0.2) is 64.1 Å². The van der Waals surface area contributed by atoms with Crippen molar-refractivity contribution in [3.05, 3.63) is 70.2 Å². The fourth-order valence-electron chi connectivity index (χ4n) is 5.41. The van der Waals surface area contributed by atoms with Crippen LogP contribution in [0.3, 0.4) is 0 Å². The number of guanidine groups is 1. The zero-order valence-corrected chi connectivity index (χ0v) is 23.5. The largest absolute Gasteiger partial charge is 0.370 e. The standard InChI is InChI=1S/C26H34BrCl2N7/c27-23-8-4-7-22(17-23)19-34-11-15-36(16-12-34)26(29)20-25(28,31-24(30)32-26)35-13-9-33(10-14-35)18-21-5-2-1-3-6-21/h1-8,17H,9-16,18-20H2,(H3,30,31,32). The first kappa shape index (κ1) is 26.2. The van der Waals surface area contributed by atoms with Gasteiger partial charge in [0.2, 0.25) is 0 Å². The van der Waals surface area contributed by atoms with Crippen molar-refractivity contribution in [2.45, 2.75) is 29.8 Å². The highest BCUT2D eigenvalue weighted by molar-refractivity contribution is 9.10. The number of nitrogens with one attached hydrogen (secondary N) is 1. The number of hydrogen-bond donors (Lipinski definition) is 2. The van der Waals surface area contributed by atoms with Gasteiger partial charge in [-0.3, -0.25) is 19.6 Å². The highest BCUT2D eigenvalue weighted by Crippen LogP contribution is 2.40. The monoisotopic (exact) mass is 593 g/mol. The van der Waals surface area contributed by atoms with Gasteiger partial charge in [0.25, 0.3) is 0 Å². The zero-order valence-electron chi connectivity index (χ0n) is 20.4. The molecular weight excluding hydrogens is 561 g/mol. The minimum Gasteiger partial charge on any atom is -0.370 e. The Balaban J connectivity index is 1.18. The summed E-state index contributed by atoms with van der Waals surface area (Å²) in [6, 6.07) is 19.1. The molecule has 0 radical (unpaired) electrons. The molecule has 3 aliphatic rings. The van der Waals surface area contributed by atoms with Gasteiger partial charge in [0.1, 0.15) is 0 Å². The van der Waals surface area contributed by atoms with E-state index in [-0.39, 0.29) is 0 Å². The van der Waals surface area contributed by atoms with Crippen LogP contribution in [-0.4, -0.2) is 88.2 Å². The van der Waals surface area contributed by atoms with Crippen LogP contribution < -0.4 is 11.1 Å². The summed E-state index contributed by atoms with van der Waals surface area (Å²) in [4.78, 5) is 14.0. The van der Waals surface area contributed by atoms with Crippen molar-refractivity contribution in [1.82, 2.24) is 24.9 Å². The minimum atomic E-state index is -0.955. The molecule has 0 bridgehead atoms. The Morgan fingerprint density at radius 1 is 0.806 bits per heavy atom. The second-order valence-electron chi connectivity index (χ2n) is 9.92. The molecule has 3 aliphatic heterocycles. The lowest BCUT2D eigenvalue weighted by Crippen LogP contribution is -2.69. The van der Waals surface area contributed by atoms with Gasteiger partial charge in [-0.05, 0) is 23.3 Å². The van der Waals surface area contributed by atoms with Gasteiger partial charge < -0.3 is 11.1 Å². The predicted molar refractivity (Wildman–Crippen MR) is 151 cm³/mol. The second kappa shape index (κ2) is 11.2. The predicted octanol–water partition coefficient (Wildman–Crippen LogP) is 3.48. The molecule has 2 saturated heterocycles. The summed E-state index contributed by atoms with van der Waals surface area (Å²) in [6.07, 6.45) is 0.453. The van der Waals surface area contributed by atoms with E-state index in [9.17, 15) is 0 Å². The molecule has 3 heterocycles. The van der Waals surface area contributed by atoms with E-state index >= 15 is 0 Å². The van der Waals surface area contributed by atoms with Gasteiger partial charge >= 0.3 is 0 Å². The number of nitrogens with zero attached hydrogens (tertiary/aromatic N) is 5. The summed E-state index contributed by atoms with van der Waals surface area (Å²) in [7, 11) is 0. The molecule has 0 amide bonds. The molecule has 2 aromatic rings. The molecule has 2 fully saturated rings. The maximum Gasteiger partial charge on any atom is 0.197 e. The van der Waals surface area contributed by atoms with Crippen molar-refractivity contribution in [1.29, 1.82) is 0 Å². The number of rotatable bonds is 6. The second-order valence-corrected chi connectivity index (χ2v) is 12.1. The number of halogens is 3.